The Hall–Kier alpha value is -1.77. The van der Waals surface area contributed by atoms with Gasteiger partial charge in [0.2, 0.25) is 0 Å². The summed E-state index contributed by atoms with van der Waals surface area (Å²) in [4.78, 5) is 15.6. The van der Waals surface area contributed by atoms with Gasteiger partial charge in [-0.25, -0.2) is 0 Å². The quantitative estimate of drug-likeness (QED) is 0.860. The molecule has 2 aliphatic rings. The lowest BCUT2D eigenvalue weighted by Gasteiger charge is -2.20. The van der Waals surface area contributed by atoms with Crippen molar-refractivity contribution in [1.29, 1.82) is 0 Å². The predicted octanol–water partition coefficient (Wildman–Crippen LogP) is 3.48. The monoisotopic (exact) mass is 268 g/mol. The van der Waals surface area contributed by atoms with E-state index < -0.39 is 0 Å². The van der Waals surface area contributed by atoms with Gasteiger partial charge < -0.3 is 10.3 Å². The molecule has 3 atom stereocenters. The highest BCUT2D eigenvalue weighted by atomic mass is 16.1. The molecule has 2 fully saturated rings. The third kappa shape index (κ3) is 1.92. The first kappa shape index (κ1) is 12.0. The van der Waals surface area contributed by atoms with Gasteiger partial charge in [0.1, 0.15) is 0 Å². The molecule has 1 aromatic carbocycles. The molecule has 3 nitrogen and oxygen atoms in total. The summed E-state index contributed by atoms with van der Waals surface area (Å²) in [6, 6.07) is 8.30. The number of aromatic nitrogens is 1. The number of hydrogen-bond acceptors (Lipinski definition) is 1. The Morgan fingerprint density at radius 3 is 3.05 bits per heavy atom. The molecule has 2 saturated carbocycles. The lowest BCUT2D eigenvalue weighted by molar-refractivity contribution is 0.0926. The summed E-state index contributed by atoms with van der Waals surface area (Å²) in [7, 11) is 0. The number of H-pyrrole nitrogens is 1. The van der Waals surface area contributed by atoms with Crippen LogP contribution in [0.25, 0.3) is 10.9 Å². The van der Waals surface area contributed by atoms with Crippen LogP contribution in [0.1, 0.15) is 42.5 Å². The van der Waals surface area contributed by atoms with Crippen molar-refractivity contribution in [3.63, 3.8) is 0 Å². The van der Waals surface area contributed by atoms with Crippen LogP contribution in [0.3, 0.4) is 0 Å². The molecule has 1 amide bonds. The van der Waals surface area contributed by atoms with Crippen LogP contribution in [0.5, 0.6) is 0 Å². The van der Waals surface area contributed by atoms with E-state index in [-0.39, 0.29) is 5.91 Å². The Balaban J connectivity index is 1.52. The number of hydrogen-bond donors (Lipinski definition) is 2. The van der Waals surface area contributed by atoms with Gasteiger partial charge in [0, 0.05) is 23.3 Å². The molecule has 2 aliphatic carbocycles. The Morgan fingerprint density at radius 1 is 1.15 bits per heavy atom. The topological polar surface area (TPSA) is 44.9 Å². The van der Waals surface area contributed by atoms with Crippen LogP contribution in [-0.4, -0.2) is 16.9 Å². The van der Waals surface area contributed by atoms with Crippen LogP contribution in [-0.2, 0) is 0 Å². The zero-order chi connectivity index (χ0) is 13.5. The molecule has 2 aromatic rings. The first-order valence-corrected chi connectivity index (χ1v) is 7.69. The standard InChI is InChI=1S/C17H20N2O/c20-17(13-5-4-12-8-9-18-16(12)10-13)19-15-7-6-11-2-1-3-14(11)15/h4-5,8-11,14-15,18H,1-3,6-7H2,(H,19,20)/t11-,14-,15-/m1/s1. The molecule has 0 saturated heterocycles. The van der Waals surface area contributed by atoms with Crippen LogP contribution in [0.15, 0.2) is 30.5 Å². The molecule has 0 radical (unpaired) electrons. The molecule has 0 aliphatic heterocycles. The molecule has 1 heterocycles. The van der Waals surface area contributed by atoms with Gasteiger partial charge in [-0.3, -0.25) is 4.79 Å². The van der Waals surface area contributed by atoms with Gasteiger partial charge in [-0.1, -0.05) is 18.9 Å². The number of fused-ring (bicyclic) bond motifs is 2. The molecular weight excluding hydrogens is 248 g/mol. The molecule has 3 heteroatoms. The SMILES string of the molecule is O=C(N[C@@H]1CC[C@H]2CCC[C@H]21)c1ccc2cc[nH]c2c1. The van der Waals surface area contributed by atoms with Crippen LogP contribution < -0.4 is 5.32 Å². The highest BCUT2D eigenvalue weighted by molar-refractivity contribution is 5.98. The van der Waals surface area contributed by atoms with E-state index in [1.165, 1.54) is 25.7 Å². The number of carbonyl (C=O) groups is 1. The van der Waals surface area contributed by atoms with Crippen molar-refractivity contribution in [2.24, 2.45) is 11.8 Å². The Kier molecular flexibility index (Phi) is 2.79. The van der Waals surface area contributed by atoms with Gasteiger partial charge in [-0.05, 0) is 54.7 Å². The summed E-state index contributed by atoms with van der Waals surface area (Å²) in [6.45, 7) is 0. The highest BCUT2D eigenvalue weighted by Crippen LogP contribution is 2.44. The number of aromatic amines is 1. The maximum absolute atomic E-state index is 12.4. The minimum atomic E-state index is 0.0825. The largest absolute Gasteiger partial charge is 0.361 e. The third-order valence-electron chi connectivity index (χ3n) is 5.22. The minimum absolute atomic E-state index is 0.0825. The van der Waals surface area contributed by atoms with Gasteiger partial charge in [0.15, 0.2) is 0 Å². The second-order valence-electron chi connectivity index (χ2n) is 6.29. The molecule has 20 heavy (non-hydrogen) atoms. The van der Waals surface area contributed by atoms with E-state index in [9.17, 15) is 4.79 Å². The summed E-state index contributed by atoms with van der Waals surface area (Å²) >= 11 is 0. The van der Waals surface area contributed by atoms with Crippen molar-refractivity contribution < 1.29 is 4.79 Å². The molecule has 4 rings (SSSR count). The van der Waals surface area contributed by atoms with Crippen molar-refractivity contribution in [3.05, 3.63) is 36.0 Å². The lowest BCUT2D eigenvalue weighted by atomic mass is 9.97. The van der Waals surface area contributed by atoms with Crippen molar-refractivity contribution >= 4 is 16.8 Å². The Labute approximate surface area is 118 Å². The minimum Gasteiger partial charge on any atom is -0.361 e. The number of nitrogens with one attached hydrogen (secondary N) is 2. The first-order chi connectivity index (χ1) is 9.81. The smallest absolute Gasteiger partial charge is 0.251 e. The fourth-order valence-electron chi connectivity index (χ4n) is 4.18. The number of benzene rings is 1. The van der Waals surface area contributed by atoms with Gasteiger partial charge in [0.05, 0.1) is 0 Å². The Morgan fingerprint density at radius 2 is 2.10 bits per heavy atom. The maximum Gasteiger partial charge on any atom is 0.251 e. The lowest BCUT2D eigenvalue weighted by Crippen LogP contribution is -2.37. The van der Waals surface area contributed by atoms with E-state index in [1.807, 2.05) is 30.5 Å². The van der Waals surface area contributed by atoms with Gasteiger partial charge in [-0.15, -0.1) is 0 Å². The van der Waals surface area contributed by atoms with Crippen LogP contribution in [0.4, 0.5) is 0 Å². The van der Waals surface area contributed by atoms with E-state index in [4.69, 9.17) is 0 Å². The van der Waals surface area contributed by atoms with Gasteiger partial charge in [-0.2, -0.15) is 0 Å². The average molecular weight is 268 g/mol. The molecule has 1 aromatic heterocycles. The number of carbonyl (C=O) groups excluding carboxylic acids is 1. The van der Waals surface area contributed by atoms with Crippen LogP contribution in [0, 0.1) is 11.8 Å². The van der Waals surface area contributed by atoms with E-state index in [0.717, 1.165) is 34.7 Å². The second-order valence-corrected chi connectivity index (χ2v) is 6.29. The summed E-state index contributed by atoms with van der Waals surface area (Å²) in [5, 5.41) is 4.42. The summed E-state index contributed by atoms with van der Waals surface area (Å²) in [5.74, 6) is 1.68. The summed E-state index contributed by atoms with van der Waals surface area (Å²) in [6.07, 6.45) is 8.37. The van der Waals surface area contributed by atoms with E-state index >= 15 is 0 Å². The first-order valence-electron chi connectivity index (χ1n) is 7.69. The van der Waals surface area contributed by atoms with E-state index in [2.05, 4.69) is 10.3 Å². The number of rotatable bonds is 2. The molecule has 0 spiro atoms. The number of amides is 1. The second kappa shape index (κ2) is 4.65. The molecule has 2 N–H and O–H groups in total. The summed E-state index contributed by atoms with van der Waals surface area (Å²) < 4.78 is 0. The van der Waals surface area contributed by atoms with Crippen molar-refractivity contribution in [2.45, 2.75) is 38.1 Å². The zero-order valence-corrected chi connectivity index (χ0v) is 11.6. The maximum atomic E-state index is 12.4. The summed E-state index contributed by atoms with van der Waals surface area (Å²) in [5.41, 5.74) is 1.80. The zero-order valence-electron chi connectivity index (χ0n) is 11.6. The van der Waals surface area contributed by atoms with Crippen molar-refractivity contribution in [2.75, 3.05) is 0 Å². The van der Waals surface area contributed by atoms with Crippen molar-refractivity contribution in [1.82, 2.24) is 10.3 Å². The average Bonchev–Trinajstić information content (AvgIpc) is 3.14. The normalized spacial score (nSPS) is 28.7. The van der Waals surface area contributed by atoms with Crippen LogP contribution in [0.2, 0.25) is 0 Å². The third-order valence-corrected chi connectivity index (χ3v) is 5.22. The van der Waals surface area contributed by atoms with Crippen molar-refractivity contribution in [3.8, 4) is 0 Å². The predicted molar refractivity (Wildman–Crippen MR) is 79.6 cm³/mol. The molecule has 0 unspecified atom stereocenters. The molecular formula is C17H20N2O. The highest BCUT2D eigenvalue weighted by Gasteiger charge is 2.39. The van der Waals surface area contributed by atoms with Crippen LogP contribution >= 0.6 is 0 Å². The van der Waals surface area contributed by atoms with E-state index in [0.29, 0.717) is 6.04 Å². The van der Waals surface area contributed by atoms with E-state index in [1.54, 1.807) is 0 Å². The van der Waals surface area contributed by atoms with Gasteiger partial charge >= 0.3 is 0 Å². The molecule has 0 bridgehead atoms. The Bertz CT molecular complexity index is 645. The molecule has 104 valence electrons. The fraction of sp³-hybridized carbons (Fsp3) is 0.471. The fourth-order valence-corrected chi connectivity index (χ4v) is 4.18. The van der Waals surface area contributed by atoms with Gasteiger partial charge in [0.25, 0.3) is 5.91 Å².